The van der Waals surface area contributed by atoms with E-state index in [-0.39, 0.29) is 22.1 Å². The first-order valence-electron chi connectivity index (χ1n) is 16.8. The van der Waals surface area contributed by atoms with Crippen molar-refractivity contribution in [3.05, 3.63) is 0 Å². The van der Waals surface area contributed by atoms with Crippen molar-refractivity contribution in [3.63, 3.8) is 0 Å². The fourth-order valence-corrected chi connectivity index (χ4v) is 6.06. The fourth-order valence-electron chi connectivity index (χ4n) is 3.94. The molecule has 0 aliphatic heterocycles. The molecule has 0 amide bonds. The number of nitrogens with one attached hydrogen (secondary N) is 2. The SMILES string of the molecule is C[N+](C)(C)CCCNS(=O)(=O)C(F)(F)C(F)(F)C(F)(F)C(F)(F)C(F)(F)C(F)(F)C(F)(F)F.C[N+](C)(C)CCCNS(=O)(=O)C(F)(F)C(F)(F)C(F)(F)C(F)(F)C(F)(F)C(F)(F)C(F)(F)F.O=S(=O)([O-])[O-]. The highest BCUT2D eigenvalue weighted by molar-refractivity contribution is 7.90. The number of hydrogen-bond donors (Lipinski definition) is 2. The average Bonchev–Trinajstić information content (AvgIpc) is 3.08. The molecule has 0 aliphatic carbocycles. The van der Waals surface area contributed by atoms with Crippen LogP contribution in [0.1, 0.15) is 12.8 Å². The number of nitrogens with zero attached hydrogens (tertiary/aromatic N) is 2. The quantitative estimate of drug-likeness (QED) is 0.0373. The second kappa shape index (κ2) is 20.9. The molecule has 0 radical (unpaired) electrons. The van der Waals surface area contributed by atoms with Crippen LogP contribution in [-0.4, -0.2) is 194 Å². The molecule has 0 unspecified atom stereocenters. The molecule has 0 saturated carbocycles. The van der Waals surface area contributed by atoms with Crippen LogP contribution in [0.15, 0.2) is 0 Å². The Bertz CT molecular complexity index is 1980. The lowest BCUT2D eigenvalue weighted by molar-refractivity contribution is -0.870. The van der Waals surface area contributed by atoms with E-state index in [9.17, 15) is 149 Å². The zero-order valence-corrected chi connectivity index (χ0v) is 37.4. The number of halogens is 30. The Balaban J connectivity index is -0.00000119. The third-order valence-electron chi connectivity index (χ3n) is 7.87. The van der Waals surface area contributed by atoms with Gasteiger partial charge in [0.2, 0.25) is 0 Å². The summed E-state index contributed by atoms with van der Waals surface area (Å²) in [6, 6.07) is 0. The van der Waals surface area contributed by atoms with E-state index in [2.05, 4.69) is 0 Å². The van der Waals surface area contributed by atoms with Gasteiger partial charge in [-0.05, 0) is 0 Å². The minimum absolute atomic E-state index is 0.0288. The van der Waals surface area contributed by atoms with Crippen molar-refractivity contribution in [1.29, 1.82) is 0 Å². The number of alkyl halides is 30. The molecule has 0 aromatic heterocycles. The number of rotatable bonds is 22. The van der Waals surface area contributed by atoms with Gasteiger partial charge in [0.1, 0.15) is 0 Å². The first-order valence-corrected chi connectivity index (χ1v) is 21.1. The van der Waals surface area contributed by atoms with Crippen LogP contribution >= 0.6 is 0 Å². The van der Waals surface area contributed by atoms with Crippen molar-refractivity contribution in [2.24, 2.45) is 0 Å². The molecule has 0 saturated heterocycles. The molecule has 0 bridgehead atoms. The van der Waals surface area contributed by atoms with Crippen molar-refractivity contribution in [2.75, 3.05) is 68.5 Å². The smallest absolute Gasteiger partial charge is 0.460 e. The molecule has 12 nitrogen and oxygen atoms in total. The van der Waals surface area contributed by atoms with Crippen molar-refractivity contribution >= 4 is 30.4 Å². The van der Waals surface area contributed by atoms with Crippen LogP contribution in [0.25, 0.3) is 0 Å². The van der Waals surface area contributed by atoms with Gasteiger partial charge >= 0.3 is 82.1 Å². The van der Waals surface area contributed by atoms with E-state index in [0.717, 1.165) is 0 Å². The molecule has 0 heterocycles. The highest BCUT2D eigenvalue weighted by atomic mass is 32.3. The number of quaternary nitrogens is 2. The standard InChI is InChI=1S/2C13H16F15N2O2S.H2O4S/c2*1-30(2,3)6-4-5-29-33(31,32)13(27,28)11(22,23)9(18,19)7(14,15)8(16,17)10(20,21)12(24,25)26;1-5(2,3)4/h2*29H,4-6H2,1-3H3;(H2,1,2,3,4)/q2*+1;/p-2. The van der Waals surface area contributed by atoms with Crippen LogP contribution in [0.5, 0.6) is 0 Å². The van der Waals surface area contributed by atoms with Gasteiger partial charge in [0.05, 0.1) is 55.4 Å². The molecular weight excluding hydrogens is 1160 g/mol. The molecule has 432 valence electrons. The Morgan fingerprint density at radius 2 is 0.479 bits per heavy atom. The molecule has 0 atom stereocenters. The summed E-state index contributed by atoms with van der Waals surface area (Å²) in [5.41, 5.74) is 0. The van der Waals surface area contributed by atoms with Crippen molar-refractivity contribution < 1.29 is 175 Å². The van der Waals surface area contributed by atoms with Gasteiger partial charge in [-0.1, -0.05) is 0 Å². The van der Waals surface area contributed by atoms with E-state index in [1.807, 2.05) is 0 Å². The molecule has 0 fully saturated rings. The second-order valence-electron chi connectivity index (χ2n) is 15.7. The van der Waals surface area contributed by atoms with Crippen LogP contribution in [-0.2, 0) is 30.4 Å². The highest BCUT2D eigenvalue weighted by Gasteiger charge is 2.96. The molecule has 0 rings (SSSR count). The lowest BCUT2D eigenvalue weighted by Crippen LogP contribution is -2.73. The van der Waals surface area contributed by atoms with Crippen LogP contribution < -0.4 is 9.44 Å². The van der Waals surface area contributed by atoms with E-state index in [4.69, 9.17) is 17.5 Å². The van der Waals surface area contributed by atoms with E-state index in [1.165, 1.54) is 42.3 Å². The van der Waals surface area contributed by atoms with Gasteiger partial charge in [-0.2, -0.15) is 132 Å². The molecule has 71 heavy (non-hydrogen) atoms. The van der Waals surface area contributed by atoms with Crippen molar-refractivity contribution in [2.45, 2.75) is 94.9 Å². The van der Waals surface area contributed by atoms with Crippen LogP contribution in [0.3, 0.4) is 0 Å². The summed E-state index contributed by atoms with van der Waals surface area (Å²) >= 11 is 0. The zero-order valence-electron chi connectivity index (χ0n) is 35.0. The zero-order chi connectivity index (χ0) is 59.2. The van der Waals surface area contributed by atoms with Gasteiger partial charge in [-0.25, -0.2) is 26.3 Å². The van der Waals surface area contributed by atoms with Crippen LogP contribution in [0, 0.1) is 0 Å². The largest absolute Gasteiger partial charge is 0.759 e. The lowest BCUT2D eigenvalue weighted by atomic mass is 9.94. The minimum Gasteiger partial charge on any atom is -0.759 e. The Kier molecular flexibility index (Phi) is 21.4. The number of hydrogen-bond acceptors (Lipinski definition) is 8. The lowest BCUT2D eigenvalue weighted by Gasteiger charge is -2.41. The second-order valence-corrected chi connectivity index (χ2v) is 20.1. The summed E-state index contributed by atoms with van der Waals surface area (Å²) in [5.74, 6) is -83.3. The van der Waals surface area contributed by atoms with E-state index < -0.39 is 138 Å². The van der Waals surface area contributed by atoms with Gasteiger partial charge in [-0.3, -0.25) is 8.42 Å². The Morgan fingerprint density at radius 1 is 0.324 bits per heavy atom. The van der Waals surface area contributed by atoms with Gasteiger partial charge < -0.3 is 18.1 Å². The van der Waals surface area contributed by atoms with Gasteiger partial charge in [0, 0.05) is 36.3 Å². The van der Waals surface area contributed by atoms with E-state index in [1.54, 1.807) is 0 Å². The van der Waals surface area contributed by atoms with Crippen molar-refractivity contribution in [1.82, 2.24) is 9.44 Å². The normalized spacial score (nSPS) is 16.0. The molecule has 0 spiro atoms. The fraction of sp³-hybridized carbons (Fsp3) is 1.00. The van der Waals surface area contributed by atoms with Crippen molar-refractivity contribution in [3.8, 4) is 0 Å². The summed E-state index contributed by atoms with van der Waals surface area (Å²) in [6.45, 7) is -2.49. The summed E-state index contributed by atoms with van der Waals surface area (Å²) in [5, 5.41) is -14.8. The minimum atomic E-state index is -8.54. The number of sulfonamides is 2. The third kappa shape index (κ3) is 14.5. The van der Waals surface area contributed by atoms with Gasteiger partial charge in [-0.15, -0.1) is 0 Å². The predicted octanol–water partition coefficient (Wildman–Crippen LogP) is 7.33. The van der Waals surface area contributed by atoms with Crippen LogP contribution in [0.2, 0.25) is 0 Å². The maximum atomic E-state index is 13.7. The molecule has 0 aromatic carbocycles. The monoisotopic (exact) mass is 1190 g/mol. The maximum absolute atomic E-state index is 13.7. The summed E-state index contributed by atoms with van der Waals surface area (Å²) in [7, 11) is -10.5. The average molecular weight is 1190 g/mol. The first-order chi connectivity index (χ1) is 29.9. The van der Waals surface area contributed by atoms with E-state index in [0.29, 0.717) is 9.44 Å². The Morgan fingerprint density at radius 3 is 0.634 bits per heavy atom. The molecule has 0 aromatic rings. The summed E-state index contributed by atoms with van der Waals surface area (Å²) in [6.07, 6.45) is -16.3. The molecule has 2 N–H and O–H groups in total. The van der Waals surface area contributed by atoms with Gasteiger partial charge in [0.15, 0.2) is 0 Å². The summed E-state index contributed by atoms with van der Waals surface area (Å²) in [4.78, 5) is 0. The predicted molar refractivity (Wildman–Crippen MR) is 171 cm³/mol. The molecule has 0 aliphatic rings. The highest BCUT2D eigenvalue weighted by Crippen LogP contribution is 2.64. The Labute approximate surface area is 378 Å². The maximum Gasteiger partial charge on any atom is 0.460 e. The first kappa shape index (κ1) is 72.8. The molecule has 45 heteroatoms. The van der Waals surface area contributed by atoms with E-state index >= 15 is 0 Å². The van der Waals surface area contributed by atoms with Crippen LogP contribution in [0.4, 0.5) is 132 Å². The van der Waals surface area contributed by atoms with Gasteiger partial charge in [0.25, 0.3) is 20.0 Å². The summed E-state index contributed by atoms with van der Waals surface area (Å²) < 4.78 is 473. The molecular formula is C26H32F30N4O8S3. The topological polar surface area (TPSA) is 173 Å². The Hall–Kier alpha value is -2.49. The third-order valence-corrected chi connectivity index (χ3v) is 10.9.